The van der Waals surface area contributed by atoms with Crippen LogP contribution in [-0.4, -0.2) is 77.6 Å². The molecule has 3 fully saturated rings. The largest absolute Gasteiger partial charge is 0.370 e. The summed E-state index contributed by atoms with van der Waals surface area (Å²) in [5.41, 5.74) is 7.11. The number of thiol groups is 1. The number of benzene rings is 2. The molecule has 1 aromatic heterocycles. The fraction of sp³-hybridized carbons (Fsp3) is 0.483. The lowest BCUT2D eigenvalue weighted by molar-refractivity contribution is 0.239. The van der Waals surface area contributed by atoms with E-state index in [2.05, 4.69) is 81.6 Å². The van der Waals surface area contributed by atoms with Gasteiger partial charge in [0.05, 0.1) is 26.9 Å². The van der Waals surface area contributed by atoms with Gasteiger partial charge in [0.1, 0.15) is 0 Å². The number of fused-ring (bicyclic) bond motifs is 1. The van der Waals surface area contributed by atoms with Gasteiger partial charge in [-0.2, -0.15) is 12.6 Å². The van der Waals surface area contributed by atoms with E-state index >= 15 is 0 Å². The molecule has 188 valence electrons. The molecule has 37 heavy (non-hydrogen) atoms. The lowest BCUT2D eigenvalue weighted by Crippen LogP contribution is -2.43. The first-order valence-electron chi connectivity index (χ1n) is 13.6. The maximum Gasteiger partial charge on any atom is 0.0763 e. The molecule has 3 aliphatic rings. The van der Waals surface area contributed by atoms with Crippen LogP contribution in [-0.2, 0) is 6.42 Å². The molecular weight excluding hydrogens is 472 g/mol. The molecule has 0 aliphatic carbocycles. The average Bonchev–Trinajstić information content (AvgIpc) is 3.30. The molecule has 3 saturated heterocycles. The van der Waals surface area contributed by atoms with Crippen molar-refractivity contribution in [3.63, 3.8) is 0 Å². The zero-order chi connectivity index (χ0) is 25.5. The predicted octanol–water partition coefficient (Wildman–Crippen LogP) is 3.35. The van der Waals surface area contributed by atoms with Crippen molar-refractivity contribution in [2.24, 2.45) is 5.41 Å². The van der Waals surface area contributed by atoms with Gasteiger partial charge < -0.3 is 20.4 Å². The number of piperazine rings is 1. The zero-order valence-electron chi connectivity index (χ0n) is 21.5. The van der Waals surface area contributed by atoms with Crippen molar-refractivity contribution < 1.29 is 0 Å². The molecule has 2 N–H and O–H groups in total. The van der Waals surface area contributed by atoms with Crippen molar-refractivity contribution in [2.45, 2.75) is 30.2 Å². The molecule has 0 saturated carbocycles. The number of nitrogens with zero attached hydrogens (tertiary/aromatic N) is 3. The van der Waals surface area contributed by atoms with Crippen LogP contribution in [0.1, 0.15) is 24.8 Å². The first-order chi connectivity index (χ1) is 17.9. The van der Waals surface area contributed by atoms with Gasteiger partial charge in [0.25, 0.3) is 0 Å². The van der Waals surface area contributed by atoms with Crippen molar-refractivity contribution in [3.05, 3.63) is 54.1 Å². The highest BCUT2D eigenvalue weighted by atomic mass is 32.1. The van der Waals surface area contributed by atoms with Gasteiger partial charge in [-0.3, -0.25) is 0 Å². The molecule has 5 nitrogen and oxygen atoms in total. The molecule has 8 heteroatoms. The number of rotatable bonds is 5. The summed E-state index contributed by atoms with van der Waals surface area (Å²) in [6.45, 7) is 8.59. The van der Waals surface area contributed by atoms with E-state index in [1.807, 2.05) is 0 Å². The Hall–Kier alpha value is -2.15. The van der Waals surface area contributed by atoms with E-state index in [9.17, 15) is 0 Å². The van der Waals surface area contributed by atoms with Crippen LogP contribution < -0.4 is 20.4 Å². The molecule has 0 bridgehead atoms. The van der Waals surface area contributed by atoms with E-state index < -0.39 is 4.55 Å². The topological polar surface area (TPSA) is 43.4 Å². The highest BCUT2D eigenvalue weighted by molar-refractivity contribution is 7.84. The molecule has 6 rings (SSSR count). The second kappa shape index (κ2) is 10.2. The van der Waals surface area contributed by atoms with Gasteiger partial charge in [-0.15, -0.1) is 0 Å². The Balaban J connectivity index is 1.37. The van der Waals surface area contributed by atoms with Gasteiger partial charge in [-0.1, -0.05) is 28.8 Å². The van der Waals surface area contributed by atoms with E-state index in [4.69, 9.17) is 20.7 Å². The Morgan fingerprint density at radius 3 is 2.46 bits per heavy atom. The van der Waals surface area contributed by atoms with E-state index in [0.717, 1.165) is 74.7 Å². The standard InChI is InChI=1S/C29H35B2N5S/c30-29(31,37)18-21-2-7-24-26(16-21)34-25(22-3-5-23(6-4-22)35-14-11-32-12-15-35)17-27(24)36-13-9-28(20-36)8-1-10-33-19-28/h2-7,16-17,32-33,37H,1,8-15,18-20H2. The highest BCUT2D eigenvalue weighted by Crippen LogP contribution is 2.41. The Kier molecular flexibility index (Phi) is 6.93. The van der Waals surface area contributed by atoms with E-state index in [-0.39, 0.29) is 0 Å². The van der Waals surface area contributed by atoms with Gasteiger partial charge >= 0.3 is 0 Å². The molecule has 1 unspecified atom stereocenters. The lowest BCUT2D eigenvalue weighted by Gasteiger charge is -2.34. The smallest absolute Gasteiger partial charge is 0.0763 e. The molecule has 1 atom stereocenters. The molecular formula is C29H35B2N5S. The summed E-state index contributed by atoms with van der Waals surface area (Å²) in [5.74, 6) is 0. The summed E-state index contributed by atoms with van der Waals surface area (Å²) >= 11 is 4.35. The number of anilines is 2. The summed E-state index contributed by atoms with van der Waals surface area (Å²) in [5, 5.41) is 8.26. The maximum atomic E-state index is 6.02. The Morgan fingerprint density at radius 2 is 1.73 bits per heavy atom. The number of hydrogen-bond donors (Lipinski definition) is 3. The summed E-state index contributed by atoms with van der Waals surface area (Å²) < 4.78 is -1.05. The quantitative estimate of drug-likeness (QED) is 0.366. The Morgan fingerprint density at radius 1 is 0.919 bits per heavy atom. The molecule has 3 aliphatic heterocycles. The third-order valence-corrected chi connectivity index (χ3v) is 8.48. The van der Waals surface area contributed by atoms with Gasteiger partial charge in [0, 0.05) is 73.6 Å². The number of hydrogen-bond acceptors (Lipinski definition) is 6. The molecule has 1 spiro atoms. The van der Waals surface area contributed by atoms with Crippen LogP contribution in [0.2, 0.25) is 0 Å². The molecule has 2 aromatic carbocycles. The second-order valence-corrected chi connectivity index (χ2v) is 12.1. The van der Waals surface area contributed by atoms with E-state index in [1.165, 1.54) is 36.0 Å². The average molecular weight is 507 g/mol. The van der Waals surface area contributed by atoms with E-state index in [0.29, 0.717) is 11.8 Å². The summed E-state index contributed by atoms with van der Waals surface area (Å²) in [6.07, 6.45) is 4.29. The second-order valence-electron chi connectivity index (χ2n) is 11.3. The summed E-state index contributed by atoms with van der Waals surface area (Å²) in [7, 11) is 12.0. The summed E-state index contributed by atoms with van der Waals surface area (Å²) in [4.78, 5) is 10.2. The van der Waals surface area contributed by atoms with Crippen molar-refractivity contribution in [1.82, 2.24) is 15.6 Å². The Bertz CT molecular complexity index is 1250. The Labute approximate surface area is 229 Å². The predicted molar refractivity (Wildman–Crippen MR) is 161 cm³/mol. The van der Waals surface area contributed by atoms with Crippen molar-refractivity contribution in [1.29, 1.82) is 0 Å². The molecule has 0 amide bonds. The van der Waals surface area contributed by atoms with Crippen LogP contribution in [0.4, 0.5) is 11.4 Å². The third-order valence-electron chi connectivity index (χ3n) is 8.32. The first kappa shape index (κ1) is 25.1. The van der Waals surface area contributed by atoms with Crippen molar-refractivity contribution >= 4 is 50.6 Å². The zero-order valence-corrected chi connectivity index (χ0v) is 22.4. The van der Waals surface area contributed by atoms with Gasteiger partial charge in [0.2, 0.25) is 0 Å². The SMILES string of the molecule is [B]C([B])(S)Cc1ccc2c(N3CCC4(CCCNC4)C3)cc(-c3ccc(N4CCNCC4)cc3)nc2c1. The summed E-state index contributed by atoms with van der Waals surface area (Å²) in [6, 6.07) is 17.6. The van der Waals surface area contributed by atoms with Gasteiger partial charge in [0.15, 0.2) is 0 Å². The number of nitrogens with one attached hydrogen (secondary N) is 2. The minimum Gasteiger partial charge on any atom is -0.370 e. The molecule has 4 heterocycles. The van der Waals surface area contributed by atoms with Crippen LogP contribution >= 0.6 is 12.6 Å². The monoisotopic (exact) mass is 507 g/mol. The molecule has 4 radical (unpaired) electrons. The lowest BCUT2D eigenvalue weighted by atomic mass is 9.66. The number of aromatic nitrogens is 1. The van der Waals surface area contributed by atoms with Gasteiger partial charge in [-0.05, 0) is 62.1 Å². The van der Waals surface area contributed by atoms with Crippen LogP contribution in [0.25, 0.3) is 22.2 Å². The number of piperidine rings is 1. The van der Waals surface area contributed by atoms with Crippen LogP contribution in [0, 0.1) is 5.41 Å². The number of pyridine rings is 1. The third kappa shape index (κ3) is 5.52. The maximum absolute atomic E-state index is 6.02. The van der Waals surface area contributed by atoms with Crippen molar-refractivity contribution in [3.8, 4) is 11.3 Å². The van der Waals surface area contributed by atoms with Crippen LogP contribution in [0.3, 0.4) is 0 Å². The fourth-order valence-electron chi connectivity index (χ4n) is 6.39. The minimum atomic E-state index is -1.05. The van der Waals surface area contributed by atoms with Gasteiger partial charge in [-0.25, -0.2) is 4.98 Å². The van der Waals surface area contributed by atoms with Crippen LogP contribution in [0.5, 0.6) is 0 Å². The van der Waals surface area contributed by atoms with Crippen molar-refractivity contribution in [2.75, 3.05) is 62.2 Å². The minimum absolute atomic E-state index is 0.379. The first-order valence-corrected chi connectivity index (χ1v) is 14.1. The van der Waals surface area contributed by atoms with Crippen LogP contribution in [0.15, 0.2) is 48.5 Å². The fourth-order valence-corrected chi connectivity index (χ4v) is 6.57. The van der Waals surface area contributed by atoms with E-state index in [1.54, 1.807) is 0 Å². The normalized spacial score (nSPS) is 22.7. The molecule has 3 aromatic rings. The highest BCUT2D eigenvalue weighted by Gasteiger charge is 2.39.